The van der Waals surface area contributed by atoms with Gasteiger partial charge in [-0.2, -0.15) is 8.78 Å². The van der Waals surface area contributed by atoms with Crippen LogP contribution in [-0.4, -0.2) is 33.1 Å². The van der Waals surface area contributed by atoms with Crippen molar-refractivity contribution < 1.29 is 18.3 Å². The number of carbonyl (C=O) groups excluding carboxylic acids is 1. The van der Waals surface area contributed by atoms with E-state index in [-0.39, 0.29) is 23.5 Å². The number of benzene rings is 2. The summed E-state index contributed by atoms with van der Waals surface area (Å²) in [5, 5.41) is 12.0. The third kappa shape index (κ3) is 5.99. The van der Waals surface area contributed by atoms with Crippen LogP contribution in [-0.2, 0) is 4.79 Å². The Morgan fingerprint density at radius 2 is 1.90 bits per heavy atom. The molecule has 0 spiro atoms. The van der Waals surface area contributed by atoms with Gasteiger partial charge in [-0.25, -0.2) is 4.68 Å². The van der Waals surface area contributed by atoms with E-state index in [2.05, 4.69) is 20.3 Å². The fraction of sp³-hybridized carbons (Fsp3) is 0.211. The Hall–Kier alpha value is -2.56. The van der Waals surface area contributed by atoms with E-state index in [1.54, 1.807) is 18.2 Å². The van der Waals surface area contributed by atoms with Crippen LogP contribution in [0.5, 0.6) is 5.75 Å². The number of rotatable bonds is 8. The minimum absolute atomic E-state index is 0.0178. The van der Waals surface area contributed by atoms with Gasteiger partial charge in [0, 0.05) is 5.56 Å². The number of nitrogen functional groups attached to an aromatic ring is 1. The number of hydrogen-bond acceptors (Lipinski definition) is 6. The average Bonchev–Trinajstić information content (AvgIpc) is 3.09. The molecule has 0 aliphatic heterocycles. The first-order valence-corrected chi connectivity index (χ1v) is 10.6. The lowest BCUT2D eigenvalue weighted by Crippen LogP contribution is -2.28. The van der Waals surface area contributed by atoms with E-state index in [1.807, 2.05) is 6.92 Å². The number of nitrogens with two attached hydrogens (primary N) is 1. The normalized spacial score (nSPS) is 12.1. The van der Waals surface area contributed by atoms with Crippen LogP contribution >= 0.6 is 35.0 Å². The molecule has 0 saturated heterocycles. The second-order valence-electron chi connectivity index (χ2n) is 6.33. The first-order chi connectivity index (χ1) is 14.7. The van der Waals surface area contributed by atoms with Gasteiger partial charge in [-0.15, -0.1) is 10.2 Å². The topological polar surface area (TPSA) is 95.1 Å². The minimum atomic E-state index is -2.91. The molecule has 0 bridgehead atoms. The van der Waals surface area contributed by atoms with Gasteiger partial charge in [0.2, 0.25) is 11.1 Å². The van der Waals surface area contributed by atoms with Crippen molar-refractivity contribution in [3.63, 3.8) is 0 Å². The monoisotopic (exact) mass is 487 g/mol. The molecule has 12 heteroatoms. The van der Waals surface area contributed by atoms with Crippen LogP contribution in [0.15, 0.2) is 47.6 Å². The summed E-state index contributed by atoms with van der Waals surface area (Å²) in [4.78, 5) is 12.3. The first-order valence-electron chi connectivity index (χ1n) is 8.87. The predicted octanol–water partition coefficient (Wildman–Crippen LogP) is 4.54. The summed E-state index contributed by atoms with van der Waals surface area (Å²) in [5.41, 5.74) is 1.37. The highest BCUT2D eigenvalue weighted by Gasteiger charge is 2.16. The van der Waals surface area contributed by atoms with Gasteiger partial charge in [0.15, 0.2) is 5.82 Å². The molecular weight excluding hydrogens is 471 g/mol. The molecule has 3 aromatic rings. The maximum atomic E-state index is 12.3. The zero-order valence-electron chi connectivity index (χ0n) is 16.1. The quantitative estimate of drug-likeness (QED) is 0.357. The van der Waals surface area contributed by atoms with Crippen molar-refractivity contribution in [1.29, 1.82) is 0 Å². The Kier molecular flexibility index (Phi) is 7.58. The van der Waals surface area contributed by atoms with E-state index in [4.69, 9.17) is 29.0 Å². The third-order valence-corrected chi connectivity index (χ3v) is 5.84. The number of aromatic nitrogens is 3. The second-order valence-corrected chi connectivity index (χ2v) is 8.09. The fourth-order valence-corrected chi connectivity index (χ4v) is 3.61. The molecule has 0 fully saturated rings. The van der Waals surface area contributed by atoms with Crippen LogP contribution in [0.2, 0.25) is 10.0 Å². The van der Waals surface area contributed by atoms with Crippen molar-refractivity contribution in [2.24, 2.45) is 0 Å². The van der Waals surface area contributed by atoms with Gasteiger partial charge in [-0.05, 0) is 48.9 Å². The molecule has 164 valence electrons. The van der Waals surface area contributed by atoms with E-state index in [0.717, 1.165) is 17.3 Å². The molecule has 1 aromatic heterocycles. The van der Waals surface area contributed by atoms with Gasteiger partial charge in [0.25, 0.3) is 0 Å². The number of hydrogen-bond donors (Lipinski definition) is 2. The summed E-state index contributed by atoms with van der Waals surface area (Å²) in [6.07, 6.45) is 0. The van der Waals surface area contributed by atoms with Crippen molar-refractivity contribution in [1.82, 2.24) is 20.2 Å². The molecule has 3 N–H and O–H groups in total. The smallest absolute Gasteiger partial charge is 0.387 e. The van der Waals surface area contributed by atoms with Gasteiger partial charge < -0.3 is 15.9 Å². The lowest BCUT2D eigenvalue weighted by atomic mass is 10.1. The molecule has 1 amide bonds. The molecular formula is C19H17Cl2F2N5O2S. The zero-order chi connectivity index (χ0) is 22.5. The van der Waals surface area contributed by atoms with E-state index in [9.17, 15) is 13.6 Å². The van der Waals surface area contributed by atoms with Crippen LogP contribution in [0.1, 0.15) is 18.5 Å². The molecule has 0 aliphatic rings. The molecule has 1 atom stereocenters. The van der Waals surface area contributed by atoms with E-state index in [1.165, 1.54) is 28.9 Å². The van der Waals surface area contributed by atoms with Gasteiger partial charge in [-0.1, -0.05) is 41.0 Å². The van der Waals surface area contributed by atoms with Crippen LogP contribution in [0.4, 0.5) is 8.78 Å². The summed E-state index contributed by atoms with van der Waals surface area (Å²) in [7, 11) is 0. The predicted molar refractivity (Wildman–Crippen MR) is 116 cm³/mol. The number of carbonyl (C=O) groups is 1. The highest BCUT2D eigenvalue weighted by Crippen LogP contribution is 2.26. The summed E-state index contributed by atoms with van der Waals surface area (Å²) < 4.78 is 30.0. The summed E-state index contributed by atoms with van der Waals surface area (Å²) >= 11 is 13.0. The van der Waals surface area contributed by atoms with Gasteiger partial charge in [0.1, 0.15) is 5.75 Å². The summed E-state index contributed by atoms with van der Waals surface area (Å²) in [5.74, 6) is 6.18. The standard InChI is InChI=1S/C19H17Cl2F2N5O2S/c1-10(12-4-7-14(20)15(21)8-12)25-16(29)9-31-19-27-26-17(28(19)24)11-2-5-13(6-3-11)30-18(22)23/h2-8,10,18H,9,24H2,1H3,(H,25,29). The maximum absolute atomic E-state index is 12.3. The van der Waals surface area contributed by atoms with Crippen molar-refractivity contribution in [2.45, 2.75) is 24.7 Å². The van der Waals surface area contributed by atoms with E-state index in [0.29, 0.717) is 26.6 Å². The highest BCUT2D eigenvalue weighted by molar-refractivity contribution is 7.99. The number of halogens is 4. The van der Waals surface area contributed by atoms with E-state index < -0.39 is 6.61 Å². The van der Waals surface area contributed by atoms with Crippen LogP contribution in [0.25, 0.3) is 11.4 Å². The Labute approximate surface area is 190 Å². The van der Waals surface area contributed by atoms with Gasteiger partial charge in [0.05, 0.1) is 21.8 Å². The number of nitrogens with zero attached hydrogens (tertiary/aromatic N) is 3. The number of nitrogens with one attached hydrogen (secondary N) is 1. The van der Waals surface area contributed by atoms with Crippen LogP contribution < -0.4 is 15.9 Å². The third-order valence-electron chi connectivity index (χ3n) is 4.16. The molecule has 1 heterocycles. The maximum Gasteiger partial charge on any atom is 0.387 e. The summed E-state index contributed by atoms with van der Waals surface area (Å²) in [6.45, 7) is -1.08. The first kappa shape index (κ1) is 23.1. The molecule has 1 unspecified atom stereocenters. The Morgan fingerprint density at radius 1 is 1.19 bits per heavy atom. The zero-order valence-corrected chi connectivity index (χ0v) is 18.4. The highest BCUT2D eigenvalue weighted by atomic mass is 35.5. The lowest BCUT2D eigenvalue weighted by molar-refractivity contribution is -0.119. The molecule has 0 aliphatic carbocycles. The fourth-order valence-electron chi connectivity index (χ4n) is 2.64. The Bertz CT molecular complexity index is 1070. The van der Waals surface area contributed by atoms with E-state index >= 15 is 0 Å². The molecule has 2 aromatic carbocycles. The van der Waals surface area contributed by atoms with Crippen LogP contribution in [0.3, 0.4) is 0 Å². The number of amides is 1. The number of alkyl halides is 2. The van der Waals surface area contributed by atoms with Gasteiger partial charge >= 0.3 is 6.61 Å². The summed E-state index contributed by atoms with van der Waals surface area (Å²) in [6, 6.07) is 10.7. The van der Waals surface area contributed by atoms with Crippen molar-refractivity contribution >= 4 is 40.9 Å². The second kappa shape index (κ2) is 10.2. The molecule has 7 nitrogen and oxygen atoms in total. The molecule has 31 heavy (non-hydrogen) atoms. The molecule has 3 rings (SSSR count). The minimum Gasteiger partial charge on any atom is -0.435 e. The van der Waals surface area contributed by atoms with Crippen molar-refractivity contribution in [3.8, 4) is 17.1 Å². The SMILES string of the molecule is CC(NC(=O)CSc1nnc(-c2ccc(OC(F)F)cc2)n1N)c1ccc(Cl)c(Cl)c1. The largest absolute Gasteiger partial charge is 0.435 e. The number of ether oxygens (including phenoxy) is 1. The van der Waals surface area contributed by atoms with Crippen molar-refractivity contribution in [2.75, 3.05) is 11.6 Å². The Balaban J connectivity index is 1.59. The van der Waals surface area contributed by atoms with Crippen LogP contribution in [0, 0.1) is 0 Å². The van der Waals surface area contributed by atoms with Gasteiger partial charge in [-0.3, -0.25) is 4.79 Å². The van der Waals surface area contributed by atoms with Crippen molar-refractivity contribution in [3.05, 3.63) is 58.1 Å². The number of thioether (sulfide) groups is 1. The Morgan fingerprint density at radius 3 is 2.55 bits per heavy atom. The average molecular weight is 488 g/mol. The lowest BCUT2D eigenvalue weighted by Gasteiger charge is -2.14. The molecule has 0 saturated carbocycles. The molecule has 0 radical (unpaired) electrons.